The van der Waals surface area contributed by atoms with Crippen molar-refractivity contribution in [3.63, 3.8) is 0 Å². The van der Waals surface area contributed by atoms with E-state index in [0.717, 1.165) is 17.7 Å². The lowest BCUT2D eigenvalue weighted by molar-refractivity contribution is 0.532. The lowest BCUT2D eigenvalue weighted by atomic mass is 9.96. The molecule has 1 aliphatic heterocycles. The first kappa shape index (κ1) is 15.2. The highest BCUT2D eigenvalue weighted by molar-refractivity contribution is 7.08. The molecule has 1 aliphatic rings. The standard InChI is InChI=1S/C21H16N4S/c1-2-4-15(5-3-1)16-6-8-17(9-7-16)19-12-20(18-10-11-26-13-18)25-21(24-19)22-14-23-25/h1-11,13-14,20H,12H2. The number of thiophene rings is 1. The van der Waals surface area contributed by atoms with E-state index in [4.69, 9.17) is 4.99 Å². The summed E-state index contributed by atoms with van der Waals surface area (Å²) in [6.07, 6.45) is 2.40. The highest BCUT2D eigenvalue weighted by Gasteiger charge is 2.26. The highest BCUT2D eigenvalue weighted by atomic mass is 32.1. The van der Waals surface area contributed by atoms with Crippen LogP contribution in [0.2, 0.25) is 0 Å². The van der Waals surface area contributed by atoms with Gasteiger partial charge in [-0.15, -0.1) is 0 Å². The fourth-order valence-corrected chi connectivity index (χ4v) is 4.08. The van der Waals surface area contributed by atoms with Gasteiger partial charge in [0, 0.05) is 6.42 Å². The molecule has 5 heteroatoms. The van der Waals surface area contributed by atoms with Gasteiger partial charge in [-0.25, -0.2) is 9.67 Å². The summed E-state index contributed by atoms with van der Waals surface area (Å²) in [6.45, 7) is 0. The molecule has 1 atom stereocenters. The third kappa shape index (κ3) is 2.66. The Balaban J connectivity index is 1.50. The van der Waals surface area contributed by atoms with Crippen molar-refractivity contribution in [3.05, 3.63) is 88.9 Å². The van der Waals surface area contributed by atoms with Gasteiger partial charge in [0.2, 0.25) is 5.95 Å². The SMILES string of the molecule is c1ccc(-c2ccc(C3=Nc4ncnn4C(c4ccsc4)C3)cc2)cc1. The Kier molecular flexibility index (Phi) is 3.72. The normalized spacial score (nSPS) is 16.2. The van der Waals surface area contributed by atoms with Crippen molar-refractivity contribution < 1.29 is 0 Å². The predicted octanol–water partition coefficient (Wildman–Crippen LogP) is 5.12. The Bertz CT molecular complexity index is 1050. The Morgan fingerprint density at radius 2 is 1.65 bits per heavy atom. The zero-order valence-electron chi connectivity index (χ0n) is 14.0. The summed E-state index contributed by atoms with van der Waals surface area (Å²) in [5, 5.41) is 8.66. The van der Waals surface area contributed by atoms with Gasteiger partial charge in [0.15, 0.2) is 0 Å². The molecule has 1 unspecified atom stereocenters. The fourth-order valence-electron chi connectivity index (χ4n) is 3.37. The molecule has 0 saturated carbocycles. The Labute approximate surface area is 155 Å². The second-order valence-corrected chi connectivity index (χ2v) is 7.06. The van der Waals surface area contributed by atoms with Gasteiger partial charge in [-0.1, -0.05) is 54.6 Å². The molecule has 5 rings (SSSR count). The van der Waals surface area contributed by atoms with Crippen LogP contribution in [0.5, 0.6) is 0 Å². The van der Waals surface area contributed by atoms with Gasteiger partial charge in [-0.2, -0.15) is 21.4 Å². The number of rotatable bonds is 3. The molecule has 26 heavy (non-hydrogen) atoms. The van der Waals surface area contributed by atoms with Crippen LogP contribution in [0.15, 0.2) is 82.7 Å². The minimum atomic E-state index is 0.153. The largest absolute Gasteiger partial charge is 0.248 e. The minimum Gasteiger partial charge on any atom is -0.222 e. The van der Waals surface area contributed by atoms with Crippen LogP contribution in [0.4, 0.5) is 5.95 Å². The van der Waals surface area contributed by atoms with Crippen LogP contribution in [-0.4, -0.2) is 20.5 Å². The van der Waals surface area contributed by atoms with E-state index in [1.807, 2.05) is 10.7 Å². The van der Waals surface area contributed by atoms with Crippen LogP contribution >= 0.6 is 11.3 Å². The number of hydrogen-bond acceptors (Lipinski definition) is 4. The fraction of sp³-hybridized carbons (Fsp3) is 0.0952. The first-order valence-electron chi connectivity index (χ1n) is 8.53. The maximum Gasteiger partial charge on any atom is 0.248 e. The van der Waals surface area contributed by atoms with E-state index in [2.05, 4.69) is 75.4 Å². The molecule has 0 N–H and O–H groups in total. The number of benzene rings is 2. The summed E-state index contributed by atoms with van der Waals surface area (Å²) in [5.41, 5.74) is 5.89. The molecule has 3 heterocycles. The average Bonchev–Trinajstić information content (AvgIpc) is 3.40. The van der Waals surface area contributed by atoms with Gasteiger partial charge < -0.3 is 0 Å². The van der Waals surface area contributed by atoms with E-state index in [1.165, 1.54) is 16.7 Å². The Morgan fingerprint density at radius 1 is 0.885 bits per heavy atom. The number of aromatic nitrogens is 3. The third-order valence-electron chi connectivity index (χ3n) is 4.72. The molecule has 0 fully saturated rings. The van der Waals surface area contributed by atoms with E-state index >= 15 is 0 Å². The van der Waals surface area contributed by atoms with Crippen LogP contribution in [0.25, 0.3) is 11.1 Å². The van der Waals surface area contributed by atoms with Crippen molar-refractivity contribution in [3.8, 4) is 11.1 Å². The maximum atomic E-state index is 4.75. The average molecular weight is 356 g/mol. The summed E-state index contributed by atoms with van der Waals surface area (Å²) in [4.78, 5) is 9.07. The molecule has 0 radical (unpaired) electrons. The molecule has 0 spiro atoms. The third-order valence-corrected chi connectivity index (χ3v) is 5.43. The van der Waals surface area contributed by atoms with E-state index in [0.29, 0.717) is 5.95 Å². The Morgan fingerprint density at radius 3 is 2.42 bits per heavy atom. The highest BCUT2D eigenvalue weighted by Crippen LogP contribution is 2.33. The summed E-state index contributed by atoms with van der Waals surface area (Å²) in [6, 6.07) is 21.3. The van der Waals surface area contributed by atoms with Crippen LogP contribution < -0.4 is 0 Å². The summed E-state index contributed by atoms with van der Waals surface area (Å²) in [7, 11) is 0. The monoisotopic (exact) mass is 356 g/mol. The molecular formula is C21H16N4S. The second-order valence-electron chi connectivity index (χ2n) is 6.28. The lowest BCUT2D eigenvalue weighted by Gasteiger charge is -2.23. The van der Waals surface area contributed by atoms with E-state index < -0.39 is 0 Å². The molecule has 0 amide bonds. The van der Waals surface area contributed by atoms with Crippen LogP contribution in [0.3, 0.4) is 0 Å². The number of fused-ring (bicyclic) bond motifs is 1. The Hall–Kier alpha value is -3.05. The number of nitrogens with zero attached hydrogens (tertiary/aromatic N) is 4. The van der Waals surface area contributed by atoms with Crippen LogP contribution in [-0.2, 0) is 0 Å². The summed E-state index contributed by atoms with van der Waals surface area (Å²) in [5.74, 6) is 0.676. The van der Waals surface area contributed by atoms with Gasteiger partial charge in [0.1, 0.15) is 6.33 Å². The second kappa shape index (κ2) is 6.35. The summed E-state index contributed by atoms with van der Waals surface area (Å²) >= 11 is 1.71. The molecule has 0 aliphatic carbocycles. The quantitative estimate of drug-likeness (QED) is 0.511. The first-order chi connectivity index (χ1) is 12.9. The van der Waals surface area contributed by atoms with Crippen molar-refractivity contribution >= 4 is 23.0 Å². The molecular weight excluding hydrogens is 340 g/mol. The number of aliphatic imine (C=N–C) groups is 1. The van der Waals surface area contributed by atoms with Gasteiger partial charge in [-0.3, -0.25) is 0 Å². The molecule has 0 bridgehead atoms. The van der Waals surface area contributed by atoms with Gasteiger partial charge in [-0.05, 0) is 39.1 Å². The van der Waals surface area contributed by atoms with Crippen molar-refractivity contribution in [2.75, 3.05) is 0 Å². The first-order valence-corrected chi connectivity index (χ1v) is 9.48. The number of hydrogen-bond donors (Lipinski definition) is 0. The molecule has 2 aromatic carbocycles. The molecule has 4 nitrogen and oxygen atoms in total. The molecule has 0 saturated heterocycles. The van der Waals surface area contributed by atoms with Crippen molar-refractivity contribution in [1.29, 1.82) is 0 Å². The predicted molar refractivity (Wildman–Crippen MR) is 105 cm³/mol. The zero-order chi connectivity index (χ0) is 17.3. The minimum absolute atomic E-state index is 0.153. The molecule has 126 valence electrons. The van der Waals surface area contributed by atoms with E-state index in [1.54, 1.807) is 17.7 Å². The summed E-state index contributed by atoms with van der Waals surface area (Å²) < 4.78 is 1.92. The maximum absolute atomic E-state index is 4.75. The van der Waals surface area contributed by atoms with Crippen LogP contribution in [0, 0.1) is 0 Å². The van der Waals surface area contributed by atoms with Crippen molar-refractivity contribution in [1.82, 2.24) is 14.8 Å². The van der Waals surface area contributed by atoms with Gasteiger partial charge in [0.25, 0.3) is 0 Å². The molecule has 4 aromatic rings. The van der Waals surface area contributed by atoms with E-state index in [-0.39, 0.29) is 6.04 Å². The van der Waals surface area contributed by atoms with Gasteiger partial charge >= 0.3 is 0 Å². The van der Waals surface area contributed by atoms with E-state index in [9.17, 15) is 0 Å². The molecule has 2 aromatic heterocycles. The lowest BCUT2D eigenvalue weighted by Crippen LogP contribution is -2.20. The van der Waals surface area contributed by atoms with Gasteiger partial charge in [0.05, 0.1) is 11.8 Å². The topological polar surface area (TPSA) is 43.1 Å². The smallest absolute Gasteiger partial charge is 0.222 e. The zero-order valence-corrected chi connectivity index (χ0v) is 14.8. The van der Waals surface area contributed by atoms with Crippen molar-refractivity contribution in [2.24, 2.45) is 4.99 Å². The van der Waals surface area contributed by atoms with Crippen molar-refractivity contribution in [2.45, 2.75) is 12.5 Å². The van der Waals surface area contributed by atoms with Crippen LogP contribution in [0.1, 0.15) is 23.6 Å².